The number of likely N-dealkylation sites (tertiary alicyclic amines) is 1. The summed E-state index contributed by atoms with van der Waals surface area (Å²) in [4.78, 5) is 2.16. The number of likely N-dealkylation sites (N-methyl/N-ethyl adjacent to an activating group) is 1. The van der Waals surface area contributed by atoms with E-state index in [2.05, 4.69) is 10.2 Å². The van der Waals surface area contributed by atoms with E-state index in [0.717, 1.165) is 32.0 Å². The highest BCUT2D eigenvalue weighted by molar-refractivity contribution is 5.67. The van der Waals surface area contributed by atoms with Crippen molar-refractivity contribution >= 4 is 11.4 Å². The van der Waals surface area contributed by atoms with Gasteiger partial charge in [-0.3, -0.25) is 0 Å². The van der Waals surface area contributed by atoms with Crippen molar-refractivity contribution in [1.29, 1.82) is 0 Å². The van der Waals surface area contributed by atoms with Crippen LogP contribution < -0.4 is 11.1 Å². The molecule has 0 aliphatic carbocycles. The van der Waals surface area contributed by atoms with Crippen LogP contribution in [0, 0.1) is 11.6 Å². The summed E-state index contributed by atoms with van der Waals surface area (Å²) in [5, 5.41) is 3.01. The topological polar surface area (TPSA) is 41.3 Å². The fraction of sp³-hybridized carbons (Fsp3) is 0.500. The number of nitrogens with one attached hydrogen (secondary N) is 1. The Morgan fingerprint density at radius 1 is 1.41 bits per heavy atom. The lowest BCUT2D eigenvalue weighted by Gasteiger charge is -2.31. The Morgan fingerprint density at radius 2 is 2.18 bits per heavy atom. The van der Waals surface area contributed by atoms with Gasteiger partial charge in [-0.25, -0.2) is 8.78 Å². The van der Waals surface area contributed by atoms with E-state index < -0.39 is 11.6 Å². The Labute approximate surface area is 99.6 Å². The molecule has 0 saturated carbocycles. The predicted molar refractivity (Wildman–Crippen MR) is 64.9 cm³/mol. The molecule has 3 N–H and O–H groups in total. The summed E-state index contributed by atoms with van der Waals surface area (Å²) >= 11 is 0. The maximum atomic E-state index is 13.6. The van der Waals surface area contributed by atoms with Gasteiger partial charge in [0.25, 0.3) is 0 Å². The van der Waals surface area contributed by atoms with E-state index in [1.54, 1.807) is 0 Å². The monoisotopic (exact) mass is 241 g/mol. The molecule has 1 heterocycles. The third kappa shape index (κ3) is 2.66. The molecule has 1 aliphatic heterocycles. The lowest BCUT2D eigenvalue weighted by atomic mass is 10.1. The second-order valence-electron chi connectivity index (χ2n) is 4.57. The predicted octanol–water partition coefficient (Wildman–Crippen LogP) is 2.05. The summed E-state index contributed by atoms with van der Waals surface area (Å²) in [5.74, 6) is -1.76. The van der Waals surface area contributed by atoms with Gasteiger partial charge in [0.05, 0.1) is 11.4 Å². The van der Waals surface area contributed by atoms with Gasteiger partial charge in [0.15, 0.2) is 11.6 Å². The molecule has 0 aromatic heterocycles. The van der Waals surface area contributed by atoms with E-state index in [-0.39, 0.29) is 17.4 Å². The fourth-order valence-electron chi connectivity index (χ4n) is 2.20. The highest BCUT2D eigenvalue weighted by atomic mass is 19.2. The number of nitrogens with zero attached hydrogens (tertiary/aromatic N) is 1. The van der Waals surface area contributed by atoms with E-state index in [9.17, 15) is 8.78 Å². The minimum absolute atomic E-state index is 0.0882. The Balaban J connectivity index is 2.15. The van der Waals surface area contributed by atoms with E-state index in [1.165, 1.54) is 6.07 Å². The fourth-order valence-corrected chi connectivity index (χ4v) is 2.20. The molecule has 1 fully saturated rings. The van der Waals surface area contributed by atoms with Crippen LogP contribution in [0.1, 0.15) is 12.8 Å². The molecule has 0 radical (unpaired) electrons. The molecule has 1 aromatic rings. The number of hydrogen-bond acceptors (Lipinski definition) is 3. The van der Waals surface area contributed by atoms with Crippen LogP contribution in [-0.2, 0) is 0 Å². The molecule has 0 bridgehead atoms. The number of nitrogens with two attached hydrogens (primary N) is 1. The van der Waals surface area contributed by atoms with Crippen molar-refractivity contribution in [3.63, 3.8) is 0 Å². The van der Waals surface area contributed by atoms with Crippen molar-refractivity contribution in [2.24, 2.45) is 0 Å². The molecule has 3 nitrogen and oxygen atoms in total. The second kappa shape index (κ2) is 4.87. The second-order valence-corrected chi connectivity index (χ2v) is 4.57. The molecule has 1 aromatic carbocycles. The number of nitrogen functional groups attached to an aromatic ring is 1. The number of halogens is 2. The van der Waals surface area contributed by atoms with Gasteiger partial charge >= 0.3 is 0 Å². The van der Waals surface area contributed by atoms with Gasteiger partial charge in [-0.1, -0.05) is 0 Å². The van der Waals surface area contributed by atoms with Gasteiger partial charge in [-0.05, 0) is 38.6 Å². The van der Waals surface area contributed by atoms with E-state index in [0.29, 0.717) is 0 Å². The molecule has 5 heteroatoms. The molecular weight excluding hydrogens is 224 g/mol. The summed E-state index contributed by atoms with van der Waals surface area (Å²) in [6.45, 7) is 1.86. The SMILES string of the molecule is CN1CCCC(Nc2c(N)ccc(F)c2F)C1. The van der Waals surface area contributed by atoms with E-state index in [1.807, 2.05) is 7.05 Å². The Kier molecular flexibility index (Phi) is 3.47. The summed E-state index contributed by atoms with van der Waals surface area (Å²) in [6.07, 6.45) is 1.99. The molecule has 1 unspecified atom stereocenters. The van der Waals surface area contributed by atoms with Crippen molar-refractivity contribution in [1.82, 2.24) is 4.90 Å². The first-order chi connectivity index (χ1) is 8.08. The van der Waals surface area contributed by atoms with Crippen LogP contribution in [0.2, 0.25) is 0 Å². The third-order valence-electron chi connectivity index (χ3n) is 3.10. The first-order valence-corrected chi connectivity index (χ1v) is 5.76. The Hall–Kier alpha value is -1.36. The highest BCUT2D eigenvalue weighted by Crippen LogP contribution is 2.26. The van der Waals surface area contributed by atoms with Crippen LogP contribution in [0.4, 0.5) is 20.2 Å². The normalized spacial score (nSPS) is 21.5. The van der Waals surface area contributed by atoms with Gasteiger partial charge < -0.3 is 16.0 Å². The first kappa shape index (κ1) is 12.1. The maximum Gasteiger partial charge on any atom is 0.183 e. The average molecular weight is 241 g/mol. The van der Waals surface area contributed by atoms with Crippen molar-refractivity contribution in [2.45, 2.75) is 18.9 Å². The quantitative estimate of drug-likeness (QED) is 0.779. The summed E-state index contributed by atoms with van der Waals surface area (Å²) in [7, 11) is 2.01. The first-order valence-electron chi connectivity index (χ1n) is 5.76. The van der Waals surface area contributed by atoms with Crippen LogP contribution in [0.3, 0.4) is 0 Å². The lowest BCUT2D eigenvalue weighted by Crippen LogP contribution is -2.40. The number of piperidine rings is 1. The molecular formula is C12H17F2N3. The van der Waals surface area contributed by atoms with Gasteiger partial charge in [0.1, 0.15) is 0 Å². The average Bonchev–Trinajstić information content (AvgIpc) is 2.30. The van der Waals surface area contributed by atoms with Crippen LogP contribution in [-0.4, -0.2) is 31.1 Å². The zero-order chi connectivity index (χ0) is 12.4. The lowest BCUT2D eigenvalue weighted by molar-refractivity contribution is 0.260. The highest BCUT2D eigenvalue weighted by Gasteiger charge is 2.20. The number of hydrogen-bond donors (Lipinski definition) is 2. The van der Waals surface area contributed by atoms with E-state index in [4.69, 9.17) is 5.73 Å². The molecule has 1 saturated heterocycles. The Bertz CT molecular complexity index is 409. The minimum atomic E-state index is -0.891. The summed E-state index contributed by atoms with van der Waals surface area (Å²) in [6, 6.07) is 2.54. The standard InChI is InChI=1S/C12H17F2N3/c1-17-6-2-3-8(7-17)16-12-10(15)5-4-9(13)11(12)14/h4-5,8,16H,2-3,6-7,15H2,1H3. The molecule has 0 amide bonds. The van der Waals surface area contributed by atoms with Crippen molar-refractivity contribution in [2.75, 3.05) is 31.2 Å². The molecule has 1 aliphatic rings. The minimum Gasteiger partial charge on any atom is -0.397 e. The summed E-state index contributed by atoms with van der Waals surface area (Å²) < 4.78 is 26.7. The van der Waals surface area contributed by atoms with Crippen LogP contribution >= 0.6 is 0 Å². The van der Waals surface area contributed by atoms with Crippen molar-refractivity contribution in [3.05, 3.63) is 23.8 Å². The number of benzene rings is 1. The zero-order valence-corrected chi connectivity index (χ0v) is 9.84. The third-order valence-corrected chi connectivity index (χ3v) is 3.10. The molecule has 17 heavy (non-hydrogen) atoms. The molecule has 94 valence electrons. The smallest absolute Gasteiger partial charge is 0.183 e. The molecule has 0 spiro atoms. The van der Waals surface area contributed by atoms with Gasteiger partial charge in [-0.15, -0.1) is 0 Å². The molecule has 1 atom stereocenters. The largest absolute Gasteiger partial charge is 0.397 e. The van der Waals surface area contributed by atoms with E-state index >= 15 is 0 Å². The van der Waals surface area contributed by atoms with Gasteiger partial charge in [0.2, 0.25) is 0 Å². The zero-order valence-electron chi connectivity index (χ0n) is 9.84. The Morgan fingerprint density at radius 3 is 2.88 bits per heavy atom. The summed E-state index contributed by atoms with van der Waals surface area (Å²) in [5.41, 5.74) is 5.99. The van der Waals surface area contributed by atoms with Gasteiger partial charge in [-0.2, -0.15) is 0 Å². The number of rotatable bonds is 2. The molecule has 2 rings (SSSR count). The van der Waals surface area contributed by atoms with Crippen molar-refractivity contribution in [3.8, 4) is 0 Å². The van der Waals surface area contributed by atoms with Gasteiger partial charge in [0, 0.05) is 12.6 Å². The van der Waals surface area contributed by atoms with Crippen LogP contribution in [0.5, 0.6) is 0 Å². The van der Waals surface area contributed by atoms with Crippen LogP contribution in [0.15, 0.2) is 12.1 Å². The van der Waals surface area contributed by atoms with Crippen LogP contribution in [0.25, 0.3) is 0 Å². The van der Waals surface area contributed by atoms with Crippen molar-refractivity contribution < 1.29 is 8.78 Å². The maximum absolute atomic E-state index is 13.6. The number of anilines is 2.